The molecule has 1 aromatic rings. The molecule has 0 unspecified atom stereocenters. The van der Waals surface area contributed by atoms with Crippen LogP contribution in [0.1, 0.15) is 25.3 Å². The number of halogens is 3. The number of hydrogen-bond acceptors (Lipinski definition) is 3. The van der Waals surface area contributed by atoms with E-state index >= 15 is 0 Å². The molecule has 0 saturated carbocycles. The van der Waals surface area contributed by atoms with E-state index in [1.807, 2.05) is 0 Å². The summed E-state index contributed by atoms with van der Waals surface area (Å²) in [7, 11) is 0. The number of rotatable bonds is 5. The molecule has 2 rings (SSSR count). The summed E-state index contributed by atoms with van der Waals surface area (Å²) in [6, 6.07) is 6.88. The maximum Gasteiger partial charge on any atom is 0.422 e. The predicted octanol–water partition coefficient (Wildman–Crippen LogP) is 2.71. The summed E-state index contributed by atoms with van der Waals surface area (Å²) in [6.45, 7) is 2.04. The van der Waals surface area contributed by atoms with Crippen LogP contribution in [0.4, 0.5) is 13.2 Å². The van der Waals surface area contributed by atoms with Crippen LogP contribution < -0.4 is 10.5 Å². The quantitative estimate of drug-likeness (QED) is 0.903. The lowest BCUT2D eigenvalue weighted by Gasteiger charge is -2.36. The Hall–Kier alpha value is -1.76. The van der Waals surface area contributed by atoms with Gasteiger partial charge in [-0.25, -0.2) is 0 Å². The molecule has 1 fully saturated rings. The maximum atomic E-state index is 12.1. The van der Waals surface area contributed by atoms with Crippen molar-refractivity contribution in [3.05, 3.63) is 29.8 Å². The summed E-state index contributed by atoms with van der Waals surface area (Å²) in [6.07, 6.45) is -2.64. The van der Waals surface area contributed by atoms with Crippen molar-refractivity contribution in [3.63, 3.8) is 0 Å². The Morgan fingerprint density at radius 1 is 1.30 bits per heavy atom. The Labute approximate surface area is 133 Å². The Morgan fingerprint density at radius 3 is 2.52 bits per heavy atom. The molecule has 128 valence electrons. The number of benzene rings is 1. The third-order valence-corrected chi connectivity index (χ3v) is 4.13. The fourth-order valence-corrected chi connectivity index (χ4v) is 2.72. The normalized spacial score (nSPS) is 22.8. The summed E-state index contributed by atoms with van der Waals surface area (Å²) < 4.78 is 41.0. The Bertz CT molecular complexity index is 531. The zero-order valence-electron chi connectivity index (χ0n) is 13.0. The second-order valence-corrected chi connectivity index (χ2v) is 6.00. The summed E-state index contributed by atoms with van der Waals surface area (Å²) >= 11 is 0. The summed E-state index contributed by atoms with van der Waals surface area (Å²) in [5.41, 5.74) is 6.34. The standard InChI is InChI=1S/C16H21F3N2O2/c1-11-2-5-13(15(20)22)9-21(11)8-12-3-6-14(7-4-12)23-10-16(17,18)19/h3-4,6-7,11,13H,2,5,8-10H2,1H3,(H2,20,22)/t11-,13+/m1/s1. The van der Waals surface area contributed by atoms with Crippen LogP contribution >= 0.6 is 0 Å². The fraction of sp³-hybridized carbons (Fsp3) is 0.562. The highest BCUT2D eigenvalue weighted by molar-refractivity contribution is 5.76. The number of amides is 1. The molecule has 1 amide bonds. The van der Waals surface area contributed by atoms with E-state index in [4.69, 9.17) is 5.73 Å². The van der Waals surface area contributed by atoms with Gasteiger partial charge in [-0.15, -0.1) is 0 Å². The van der Waals surface area contributed by atoms with Gasteiger partial charge in [0.15, 0.2) is 6.61 Å². The number of primary amides is 1. The molecule has 4 nitrogen and oxygen atoms in total. The van der Waals surface area contributed by atoms with E-state index in [1.165, 1.54) is 12.1 Å². The topological polar surface area (TPSA) is 55.6 Å². The van der Waals surface area contributed by atoms with E-state index in [0.717, 1.165) is 18.4 Å². The second-order valence-electron chi connectivity index (χ2n) is 6.00. The van der Waals surface area contributed by atoms with E-state index in [9.17, 15) is 18.0 Å². The van der Waals surface area contributed by atoms with Crippen molar-refractivity contribution in [2.45, 2.75) is 38.5 Å². The van der Waals surface area contributed by atoms with Gasteiger partial charge < -0.3 is 10.5 Å². The number of nitrogens with two attached hydrogens (primary N) is 1. The van der Waals surface area contributed by atoms with E-state index in [2.05, 4.69) is 16.6 Å². The number of carbonyl (C=O) groups excluding carboxylic acids is 1. The Balaban J connectivity index is 1.93. The van der Waals surface area contributed by atoms with Gasteiger partial charge in [-0.1, -0.05) is 12.1 Å². The molecule has 0 radical (unpaired) electrons. The zero-order valence-corrected chi connectivity index (χ0v) is 13.0. The summed E-state index contributed by atoms with van der Waals surface area (Å²) in [5, 5.41) is 0. The number of alkyl halides is 3. The molecular formula is C16H21F3N2O2. The van der Waals surface area contributed by atoms with Crippen molar-refractivity contribution >= 4 is 5.91 Å². The van der Waals surface area contributed by atoms with Crippen molar-refractivity contribution in [1.82, 2.24) is 4.90 Å². The number of ether oxygens (including phenoxy) is 1. The molecule has 1 aromatic carbocycles. The van der Waals surface area contributed by atoms with Crippen LogP contribution in [-0.4, -0.2) is 36.2 Å². The highest BCUT2D eigenvalue weighted by Gasteiger charge is 2.29. The molecule has 7 heteroatoms. The minimum atomic E-state index is -4.34. The third-order valence-electron chi connectivity index (χ3n) is 4.13. The molecule has 2 atom stereocenters. The molecule has 0 bridgehead atoms. The Morgan fingerprint density at radius 2 is 1.96 bits per heavy atom. The van der Waals surface area contributed by atoms with Crippen LogP contribution in [0, 0.1) is 5.92 Å². The van der Waals surface area contributed by atoms with E-state index in [-0.39, 0.29) is 17.6 Å². The molecule has 1 aliphatic rings. The first-order valence-corrected chi connectivity index (χ1v) is 7.56. The van der Waals surface area contributed by atoms with Gasteiger partial charge in [0.1, 0.15) is 5.75 Å². The first kappa shape index (κ1) is 17.6. The number of piperidine rings is 1. The van der Waals surface area contributed by atoms with Gasteiger partial charge in [-0.3, -0.25) is 9.69 Å². The van der Waals surface area contributed by atoms with E-state index in [1.54, 1.807) is 12.1 Å². The molecule has 0 aromatic heterocycles. The average molecular weight is 330 g/mol. The van der Waals surface area contributed by atoms with Crippen LogP contribution in [0.2, 0.25) is 0 Å². The van der Waals surface area contributed by atoms with E-state index < -0.39 is 12.8 Å². The third kappa shape index (κ3) is 5.42. The summed E-state index contributed by atoms with van der Waals surface area (Å²) in [4.78, 5) is 13.5. The lowest BCUT2D eigenvalue weighted by Crippen LogP contribution is -2.45. The zero-order chi connectivity index (χ0) is 17.0. The van der Waals surface area contributed by atoms with Crippen molar-refractivity contribution in [1.29, 1.82) is 0 Å². The molecule has 1 saturated heterocycles. The van der Waals surface area contributed by atoms with Crippen LogP contribution in [0.5, 0.6) is 5.75 Å². The van der Waals surface area contributed by atoms with Gasteiger partial charge in [0.25, 0.3) is 0 Å². The predicted molar refractivity (Wildman–Crippen MR) is 79.8 cm³/mol. The maximum absolute atomic E-state index is 12.1. The molecule has 1 aliphatic heterocycles. The fourth-order valence-electron chi connectivity index (χ4n) is 2.72. The molecule has 2 N–H and O–H groups in total. The van der Waals surface area contributed by atoms with Gasteiger partial charge in [-0.2, -0.15) is 13.2 Å². The first-order valence-electron chi connectivity index (χ1n) is 7.56. The highest BCUT2D eigenvalue weighted by Crippen LogP contribution is 2.24. The van der Waals surface area contributed by atoms with Crippen LogP contribution in [0.25, 0.3) is 0 Å². The largest absolute Gasteiger partial charge is 0.484 e. The van der Waals surface area contributed by atoms with Gasteiger partial charge in [-0.05, 0) is 37.5 Å². The Kier molecular flexibility index (Phi) is 5.51. The van der Waals surface area contributed by atoms with Crippen molar-refractivity contribution in [2.75, 3.05) is 13.2 Å². The van der Waals surface area contributed by atoms with Gasteiger partial charge in [0.05, 0.1) is 5.92 Å². The minimum Gasteiger partial charge on any atom is -0.484 e. The second kappa shape index (κ2) is 7.21. The van der Waals surface area contributed by atoms with Crippen LogP contribution in [0.3, 0.4) is 0 Å². The van der Waals surface area contributed by atoms with Gasteiger partial charge >= 0.3 is 6.18 Å². The summed E-state index contributed by atoms with van der Waals surface area (Å²) in [5.74, 6) is -0.230. The smallest absolute Gasteiger partial charge is 0.422 e. The highest BCUT2D eigenvalue weighted by atomic mass is 19.4. The lowest BCUT2D eigenvalue weighted by molar-refractivity contribution is -0.153. The van der Waals surface area contributed by atoms with Crippen LogP contribution in [-0.2, 0) is 11.3 Å². The molecule has 23 heavy (non-hydrogen) atoms. The number of hydrogen-bond donors (Lipinski definition) is 1. The number of carbonyl (C=O) groups is 1. The number of nitrogens with zero attached hydrogens (tertiary/aromatic N) is 1. The molecule has 0 aliphatic carbocycles. The SMILES string of the molecule is C[C@@H]1CC[C@H](C(N)=O)CN1Cc1ccc(OCC(F)(F)F)cc1. The molecule has 1 heterocycles. The molecular weight excluding hydrogens is 309 g/mol. The molecule has 0 spiro atoms. The average Bonchev–Trinajstić information content (AvgIpc) is 2.48. The van der Waals surface area contributed by atoms with Crippen molar-refractivity contribution < 1.29 is 22.7 Å². The van der Waals surface area contributed by atoms with Crippen LogP contribution in [0.15, 0.2) is 24.3 Å². The monoisotopic (exact) mass is 330 g/mol. The van der Waals surface area contributed by atoms with Gasteiger partial charge in [0, 0.05) is 19.1 Å². The van der Waals surface area contributed by atoms with E-state index in [0.29, 0.717) is 19.1 Å². The number of likely N-dealkylation sites (tertiary alicyclic amines) is 1. The van der Waals surface area contributed by atoms with Crippen molar-refractivity contribution in [3.8, 4) is 5.75 Å². The van der Waals surface area contributed by atoms with Crippen molar-refractivity contribution in [2.24, 2.45) is 11.7 Å². The lowest BCUT2D eigenvalue weighted by atomic mass is 9.92. The minimum absolute atomic E-state index is 0.138. The first-order chi connectivity index (χ1) is 10.7. The van der Waals surface area contributed by atoms with Gasteiger partial charge in [0.2, 0.25) is 5.91 Å².